The van der Waals surface area contributed by atoms with Crippen molar-refractivity contribution in [3.63, 3.8) is 0 Å². The molecule has 29 heavy (non-hydrogen) atoms. The summed E-state index contributed by atoms with van der Waals surface area (Å²) in [5.41, 5.74) is 2.09. The van der Waals surface area contributed by atoms with Gasteiger partial charge in [-0.15, -0.1) is 0 Å². The molecule has 1 aliphatic heterocycles. The molecule has 0 radical (unpaired) electrons. The summed E-state index contributed by atoms with van der Waals surface area (Å²) in [6, 6.07) is 9.27. The van der Waals surface area contributed by atoms with Crippen molar-refractivity contribution >= 4 is 11.6 Å². The SMILES string of the molecule is Cc1ccc(NC(=O)c2ccc(CN3CCN(C)CC3)c(C(F)(F)F)c2)cc1C. The predicted octanol–water partition coefficient (Wildman–Crippen LogP) is 4.32. The van der Waals surface area contributed by atoms with Crippen LogP contribution in [-0.2, 0) is 12.7 Å². The monoisotopic (exact) mass is 405 g/mol. The molecule has 0 bridgehead atoms. The molecule has 7 heteroatoms. The molecule has 1 amide bonds. The number of hydrogen-bond donors (Lipinski definition) is 1. The van der Waals surface area contributed by atoms with Crippen molar-refractivity contribution in [1.82, 2.24) is 9.80 Å². The molecular formula is C22H26F3N3O. The third kappa shape index (κ3) is 5.36. The number of rotatable bonds is 4. The third-order valence-corrected chi connectivity index (χ3v) is 5.43. The zero-order valence-corrected chi connectivity index (χ0v) is 16.9. The highest BCUT2D eigenvalue weighted by Gasteiger charge is 2.34. The molecule has 2 aromatic rings. The van der Waals surface area contributed by atoms with Crippen molar-refractivity contribution in [1.29, 1.82) is 0 Å². The van der Waals surface area contributed by atoms with Gasteiger partial charge in [-0.25, -0.2) is 0 Å². The molecule has 4 nitrogen and oxygen atoms in total. The lowest BCUT2D eigenvalue weighted by Crippen LogP contribution is -2.44. The first-order valence-corrected chi connectivity index (χ1v) is 9.63. The Balaban J connectivity index is 1.81. The summed E-state index contributed by atoms with van der Waals surface area (Å²) in [7, 11) is 2.00. The first kappa shape index (κ1) is 21.3. The highest BCUT2D eigenvalue weighted by Crippen LogP contribution is 2.33. The maximum atomic E-state index is 13.7. The van der Waals surface area contributed by atoms with Gasteiger partial charge in [0.15, 0.2) is 0 Å². The smallest absolute Gasteiger partial charge is 0.322 e. The molecule has 1 fully saturated rings. The average molecular weight is 405 g/mol. The van der Waals surface area contributed by atoms with Crippen LogP contribution in [0, 0.1) is 13.8 Å². The van der Waals surface area contributed by atoms with E-state index >= 15 is 0 Å². The molecule has 0 aromatic heterocycles. The van der Waals surface area contributed by atoms with Crippen molar-refractivity contribution in [2.24, 2.45) is 0 Å². The average Bonchev–Trinajstić information content (AvgIpc) is 2.66. The van der Waals surface area contributed by atoms with Gasteiger partial charge in [-0.3, -0.25) is 9.69 Å². The summed E-state index contributed by atoms with van der Waals surface area (Å²) in [5.74, 6) is -0.551. The van der Waals surface area contributed by atoms with Crippen LogP contribution in [0.5, 0.6) is 0 Å². The fraction of sp³-hybridized carbons (Fsp3) is 0.409. The molecule has 1 N–H and O–H groups in total. The Morgan fingerprint density at radius 3 is 2.31 bits per heavy atom. The lowest BCUT2D eigenvalue weighted by molar-refractivity contribution is -0.138. The minimum atomic E-state index is -4.52. The van der Waals surface area contributed by atoms with Crippen LogP contribution in [0.2, 0.25) is 0 Å². The highest BCUT2D eigenvalue weighted by molar-refractivity contribution is 6.04. The lowest BCUT2D eigenvalue weighted by atomic mass is 10.0. The number of amides is 1. The van der Waals surface area contributed by atoms with Gasteiger partial charge < -0.3 is 10.2 Å². The molecule has 1 heterocycles. The highest BCUT2D eigenvalue weighted by atomic mass is 19.4. The fourth-order valence-electron chi connectivity index (χ4n) is 3.39. The summed E-state index contributed by atoms with van der Waals surface area (Å²) in [5, 5.41) is 2.69. The van der Waals surface area contributed by atoms with Crippen LogP contribution in [-0.4, -0.2) is 48.9 Å². The number of carbonyl (C=O) groups excluding carboxylic acids is 1. The molecule has 0 spiro atoms. The molecule has 2 aromatic carbocycles. The van der Waals surface area contributed by atoms with Crippen LogP contribution in [0.3, 0.4) is 0 Å². The molecule has 0 atom stereocenters. The Hall–Kier alpha value is -2.38. The second kappa shape index (κ2) is 8.55. The van der Waals surface area contributed by atoms with E-state index in [4.69, 9.17) is 0 Å². The Kier molecular flexibility index (Phi) is 6.29. The topological polar surface area (TPSA) is 35.6 Å². The number of likely N-dealkylation sites (N-methyl/N-ethyl adjacent to an activating group) is 1. The van der Waals surface area contributed by atoms with E-state index in [9.17, 15) is 18.0 Å². The molecular weight excluding hydrogens is 379 g/mol. The van der Waals surface area contributed by atoms with E-state index in [2.05, 4.69) is 10.2 Å². The fourth-order valence-corrected chi connectivity index (χ4v) is 3.39. The van der Waals surface area contributed by atoms with Crippen molar-refractivity contribution in [2.45, 2.75) is 26.6 Å². The van der Waals surface area contributed by atoms with Crippen LogP contribution < -0.4 is 5.32 Å². The number of nitrogens with zero attached hydrogens (tertiary/aromatic N) is 2. The Morgan fingerprint density at radius 2 is 1.69 bits per heavy atom. The lowest BCUT2D eigenvalue weighted by Gasteiger charge is -2.33. The van der Waals surface area contributed by atoms with Crippen molar-refractivity contribution in [2.75, 3.05) is 38.5 Å². The molecule has 1 aliphatic rings. The number of piperazine rings is 1. The second-order valence-corrected chi connectivity index (χ2v) is 7.70. The van der Waals surface area contributed by atoms with E-state index in [-0.39, 0.29) is 17.7 Å². The van der Waals surface area contributed by atoms with Gasteiger partial charge in [-0.2, -0.15) is 13.2 Å². The second-order valence-electron chi connectivity index (χ2n) is 7.70. The van der Waals surface area contributed by atoms with Crippen molar-refractivity contribution in [3.8, 4) is 0 Å². The number of carbonyl (C=O) groups is 1. The van der Waals surface area contributed by atoms with E-state index in [1.54, 1.807) is 12.1 Å². The number of nitrogens with one attached hydrogen (secondary N) is 1. The van der Waals surface area contributed by atoms with Gasteiger partial charge >= 0.3 is 6.18 Å². The Morgan fingerprint density at radius 1 is 1.00 bits per heavy atom. The van der Waals surface area contributed by atoms with Gasteiger partial charge in [0.25, 0.3) is 5.91 Å². The number of benzene rings is 2. The number of anilines is 1. The van der Waals surface area contributed by atoms with E-state index in [1.165, 1.54) is 12.1 Å². The van der Waals surface area contributed by atoms with Crippen LogP contribution >= 0.6 is 0 Å². The predicted molar refractivity (Wildman–Crippen MR) is 108 cm³/mol. The standard InChI is InChI=1S/C22H26F3N3O/c1-15-4-7-19(12-16(15)2)26-21(29)17-5-6-18(20(13-17)22(23,24)25)14-28-10-8-27(3)9-11-28/h4-7,12-13H,8-11,14H2,1-3H3,(H,26,29). The summed E-state index contributed by atoms with van der Waals surface area (Å²) in [4.78, 5) is 16.7. The van der Waals surface area contributed by atoms with Gasteiger partial charge in [0.05, 0.1) is 5.56 Å². The van der Waals surface area contributed by atoms with E-state index in [0.717, 1.165) is 43.4 Å². The van der Waals surface area contributed by atoms with Crippen molar-refractivity contribution in [3.05, 3.63) is 64.2 Å². The summed E-state index contributed by atoms with van der Waals surface area (Å²) in [6.45, 7) is 7.21. The number of halogens is 3. The Labute approximate surface area is 169 Å². The van der Waals surface area contributed by atoms with E-state index < -0.39 is 17.6 Å². The molecule has 1 saturated heterocycles. The van der Waals surface area contributed by atoms with Gasteiger partial charge in [0.1, 0.15) is 0 Å². The molecule has 3 rings (SSSR count). The van der Waals surface area contributed by atoms with E-state index in [1.807, 2.05) is 31.9 Å². The first-order valence-electron chi connectivity index (χ1n) is 9.63. The molecule has 0 aliphatic carbocycles. The van der Waals surface area contributed by atoms with Gasteiger partial charge in [-0.1, -0.05) is 12.1 Å². The van der Waals surface area contributed by atoms with Crippen LogP contribution in [0.1, 0.15) is 32.6 Å². The van der Waals surface area contributed by atoms with Gasteiger partial charge in [-0.05, 0) is 61.9 Å². The normalized spacial score (nSPS) is 16.1. The first-order chi connectivity index (χ1) is 13.6. The number of aryl methyl sites for hydroxylation is 2. The zero-order valence-electron chi connectivity index (χ0n) is 16.9. The third-order valence-electron chi connectivity index (χ3n) is 5.43. The molecule has 0 unspecified atom stereocenters. The van der Waals surface area contributed by atoms with Crippen LogP contribution in [0.15, 0.2) is 36.4 Å². The minimum Gasteiger partial charge on any atom is -0.322 e. The van der Waals surface area contributed by atoms with E-state index in [0.29, 0.717) is 5.69 Å². The maximum absolute atomic E-state index is 13.7. The largest absolute Gasteiger partial charge is 0.416 e. The van der Waals surface area contributed by atoms with Crippen LogP contribution in [0.4, 0.5) is 18.9 Å². The van der Waals surface area contributed by atoms with Gasteiger partial charge in [0, 0.05) is 44.0 Å². The quantitative estimate of drug-likeness (QED) is 0.823. The van der Waals surface area contributed by atoms with Crippen molar-refractivity contribution < 1.29 is 18.0 Å². The Bertz CT molecular complexity index is 887. The number of alkyl halides is 3. The van der Waals surface area contributed by atoms with Gasteiger partial charge in [0.2, 0.25) is 0 Å². The molecule has 156 valence electrons. The summed E-state index contributed by atoms with van der Waals surface area (Å²) in [6.07, 6.45) is -4.52. The summed E-state index contributed by atoms with van der Waals surface area (Å²) >= 11 is 0. The zero-order chi connectivity index (χ0) is 21.2. The molecule has 0 saturated carbocycles. The maximum Gasteiger partial charge on any atom is 0.416 e. The summed E-state index contributed by atoms with van der Waals surface area (Å²) < 4.78 is 41.0. The number of hydrogen-bond acceptors (Lipinski definition) is 3. The minimum absolute atomic E-state index is 0.00215. The van der Waals surface area contributed by atoms with Crippen LogP contribution in [0.25, 0.3) is 0 Å².